The molecule has 3 nitrogen and oxygen atoms in total. The molecule has 0 bridgehead atoms. The lowest BCUT2D eigenvalue weighted by Crippen LogP contribution is -2.19. The molecular formula is C14H12NO2-. The number of hydrogen-bond donors (Lipinski definition) is 1. The molecule has 0 aliphatic carbocycles. The van der Waals surface area contributed by atoms with Crippen molar-refractivity contribution in [3.05, 3.63) is 53.8 Å². The number of aromatic nitrogens is 1. The van der Waals surface area contributed by atoms with Gasteiger partial charge in [0.25, 0.3) is 0 Å². The molecule has 0 fully saturated rings. The van der Waals surface area contributed by atoms with E-state index in [-0.39, 0.29) is 0 Å². The highest BCUT2D eigenvalue weighted by Crippen LogP contribution is 2.19. The number of aliphatic carboxylic acids is 1. The van der Waals surface area contributed by atoms with Crippen molar-refractivity contribution in [3.8, 4) is 0 Å². The first-order valence-electron chi connectivity index (χ1n) is 5.30. The molecule has 0 atom stereocenters. The van der Waals surface area contributed by atoms with Crippen molar-refractivity contribution in [1.82, 2.24) is 4.98 Å². The molecule has 17 heavy (non-hydrogen) atoms. The van der Waals surface area contributed by atoms with Crippen molar-refractivity contribution in [2.24, 2.45) is 0 Å². The van der Waals surface area contributed by atoms with Gasteiger partial charge in [-0.3, -0.25) is 0 Å². The van der Waals surface area contributed by atoms with Crippen LogP contribution >= 0.6 is 0 Å². The number of fused-ring (bicyclic) bond motifs is 1. The van der Waals surface area contributed by atoms with Crippen molar-refractivity contribution in [2.45, 2.75) is 6.92 Å². The zero-order valence-electron chi connectivity index (χ0n) is 9.44. The van der Waals surface area contributed by atoms with Crippen molar-refractivity contribution in [1.29, 1.82) is 0 Å². The van der Waals surface area contributed by atoms with Crippen LogP contribution in [0.1, 0.15) is 12.5 Å². The number of nitrogens with one attached hydrogen (secondary N) is 1. The van der Waals surface area contributed by atoms with E-state index < -0.39 is 5.97 Å². The van der Waals surface area contributed by atoms with Crippen LogP contribution in [0.5, 0.6) is 0 Å². The summed E-state index contributed by atoms with van der Waals surface area (Å²) in [6.45, 7) is 1.72. The molecule has 0 spiro atoms. The van der Waals surface area contributed by atoms with Gasteiger partial charge in [0, 0.05) is 17.1 Å². The molecule has 0 aliphatic heterocycles. The van der Waals surface area contributed by atoms with Crippen molar-refractivity contribution in [3.63, 3.8) is 0 Å². The Kier molecular flexibility index (Phi) is 3.10. The van der Waals surface area contributed by atoms with Gasteiger partial charge >= 0.3 is 0 Å². The number of carboxylic acid groups (broad SMARTS) is 1. The van der Waals surface area contributed by atoms with Gasteiger partial charge in [-0.25, -0.2) is 0 Å². The minimum absolute atomic E-state index is 0.648. The molecule has 0 amide bonds. The van der Waals surface area contributed by atoms with Gasteiger partial charge < -0.3 is 14.9 Å². The van der Waals surface area contributed by atoms with Gasteiger partial charge in [0.15, 0.2) is 0 Å². The lowest BCUT2D eigenvalue weighted by molar-refractivity contribution is -0.297. The van der Waals surface area contributed by atoms with Gasteiger partial charge in [0.05, 0.1) is 5.97 Å². The fraction of sp³-hybridized carbons (Fsp3) is 0.0714. The summed E-state index contributed by atoms with van der Waals surface area (Å²) in [6, 6.07) is 7.95. The number of aromatic amines is 1. The van der Waals surface area contributed by atoms with Crippen molar-refractivity contribution < 1.29 is 9.90 Å². The number of carboxylic acids is 1. The molecule has 0 aliphatic rings. The lowest BCUT2D eigenvalue weighted by Gasteiger charge is -1.95. The Morgan fingerprint density at radius 2 is 2.12 bits per heavy atom. The second-order valence-corrected chi connectivity index (χ2v) is 3.83. The molecular weight excluding hydrogens is 214 g/mol. The SMILES string of the molecule is CC(/C=C\c1c[nH]c2ccccc12)=C\C(=O)[O-]. The zero-order chi connectivity index (χ0) is 12.3. The van der Waals surface area contributed by atoms with Gasteiger partial charge in [0.1, 0.15) is 0 Å². The van der Waals surface area contributed by atoms with Crippen LogP contribution < -0.4 is 5.11 Å². The molecule has 1 aromatic heterocycles. The average Bonchev–Trinajstić information content (AvgIpc) is 2.69. The summed E-state index contributed by atoms with van der Waals surface area (Å²) in [4.78, 5) is 13.5. The van der Waals surface area contributed by atoms with E-state index in [2.05, 4.69) is 4.98 Å². The summed E-state index contributed by atoms with van der Waals surface area (Å²) >= 11 is 0. The first-order chi connectivity index (χ1) is 8.16. The summed E-state index contributed by atoms with van der Waals surface area (Å²) in [5.41, 5.74) is 2.75. The molecule has 1 N–H and O–H groups in total. The van der Waals surface area contributed by atoms with Crippen LogP contribution in [0, 0.1) is 0 Å². The van der Waals surface area contributed by atoms with Crippen LogP contribution in [0.25, 0.3) is 17.0 Å². The van der Waals surface area contributed by atoms with Crippen LogP contribution in [-0.4, -0.2) is 11.0 Å². The Morgan fingerprint density at radius 3 is 2.88 bits per heavy atom. The molecule has 0 radical (unpaired) electrons. The third kappa shape index (κ3) is 2.64. The summed E-state index contributed by atoms with van der Waals surface area (Å²) < 4.78 is 0. The van der Waals surface area contributed by atoms with Crippen LogP contribution in [0.4, 0.5) is 0 Å². The number of rotatable bonds is 3. The maximum atomic E-state index is 10.4. The van der Waals surface area contributed by atoms with Gasteiger partial charge in [-0.05, 0) is 30.2 Å². The Morgan fingerprint density at radius 1 is 1.35 bits per heavy atom. The molecule has 3 heteroatoms. The largest absolute Gasteiger partial charge is 0.545 e. The highest BCUT2D eigenvalue weighted by atomic mass is 16.4. The Labute approximate surface area is 99.1 Å². The molecule has 0 unspecified atom stereocenters. The quantitative estimate of drug-likeness (QED) is 0.641. The van der Waals surface area contributed by atoms with Crippen LogP contribution in [0.15, 0.2) is 48.2 Å². The van der Waals surface area contributed by atoms with Crippen molar-refractivity contribution in [2.75, 3.05) is 0 Å². The number of hydrogen-bond acceptors (Lipinski definition) is 2. The van der Waals surface area contributed by atoms with Crippen LogP contribution in [0.2, 0.25) is 0 Å². The number of carbonyl (C=O) groups excluding carboxylic acids is 1. The maximum Gasteiger partial charge on any atom is 0.0645 e. The highest BCUT2D eigenvalue weighted by Gasteiger charge is 1.98. The topological polar surface area (TPSA) is 55.9 Å². The maximum absolute atomic E-state index is 10.4. The Bertz CT molecular complexity index is 605. The van der Waals surface area contributed by atoms with E-state index in [1.165, 1.54) is 0 Å². The van der Waals surface area contributed by atoms with E-state index in [0.717, 1.165) is 22.5 Å². The molecule has 0 saturated carbocycles. The third-order valence-corrected chi connectivity index (χ3v) is 2.49. The van der Waals surface area contributed by atoms with Crippen LogP contribution in [0.3, 0.4) is 0 Å². The normalized spacial score (nSPS) is 12.4. The van der Waals surface area contributed by atoms with E-state index >= 15 is 0 Å². The minimum Gasteiger partial charge on any atom is -0.545 e. The molecule has 1 heterocycles. The summed E-state index contributed by atoms with van der Waals surface area (Å²) in [7, 11) is 0. The highest BCUT2D eigenvalue weighted by molar-refractivity contribution is 5.89. The number of allylic oxidation sites excluding steroid dienone is 2. The zero-order valence-corrected chi connectivity index (χ0v) is 9.44. The second-order valence-electron chi connectivity index (χ2n) is 3.83. The average molecular weight is 226 g/mol. The first kappa shape index (κ1) is 11.2. The lowest BCUT2D eigenvalue weighted by atomic mass is 10.1. The summed E-state index contributed by atoms with van der Waals surface area (Å²) in [5.74, 6) is -1.17. The van der Waals surface area contributed by atoms with E-state index in [1.807, 2.05) is 36.5 Å². The fourth-order valence-corrected chi connectivity index (χ4v) is 1.69. The second kappa shape index (κ2) is 4.70. The Hall–Kier alpha value is -2.29. The Balaban J connectivity index is 2.30. The van der Waals surface area contributed by atoms with E-state index in [9.17, 15) is 9.90 Å². The van der Waals surface area contributed by atoms with Gasteiger partial charge in [-0.1, -0.05) is 30.4 Å². The molecule has 86 valence electrons. The van der Waals surface area contributed by atoms with E-state index in [0.29, 0.717) is 5.57 Å². The van der Waals surface area contributed by atoms with Gasteiger partial charge in [-0.2, -0.15) is 0 Å². The first-order valence-corrected chi connectivity index (χ1v) is 5.30. The smallest absolute Gasteiger partial charge is 0.0645 e. The third-order valence-electron chi connectivity index (χ3n) is 2.49. The number of benzene rings is 1. The minimum atomic E-state index is -1.17. The molecule has 1 aromatic carbocycles. The van der Waals surface area contributed by atoms with E-state index in [1.54, 1.807) is 13.0 Å². The summed E-state index contributed by atoms with van der Waals surface area (Å²) in [5, 5.41) is 11.5. The van der Waals surface area contributed by atoms with Crippen LogP contribution in [-0.2, 0) is 4.79 Å². The predicted molar refractivity (Wildman–Crippen MR) is 66.1 cm³/mol. The monoisotopic (exact) mass is 226 g/mol. The fourth-order valence-electron chi connectivity index (χ4n) is 1.69. The molecule has 2 rings (SSSR count). The van der Waals surface area contributed by atoms with Gasteiger partial charge in [0.2, 0.25) is 0 Å². The van der Waals surface area contributed by atoms with E-state index in [4.69, 9.17) is 0 Å². The predicted octanol–water partition coefficient (Wildman–Crippen LogP) is 1.88. The molecule has 0 saturated heterocycles. The number of carbonyl (C=O) groups is 1. The standard InChI is InChI=1S/C14H13NO2/c1-10(8-14(16)17)6-7-11-9-15-13-5-3-2-4-12(11)13/h2-9,15H,1H3,(H,16,17)/p-1/b7-6-,10-8+. The van der Waals surface area contributed by atoms with Gasteiger partial charge in [-0.15, -0.1) is 0 Å². The summed E-state index contributed by atoms with van der Waals surface area (Å²) in [6.07, 6.45) is 6.61. The number of H-pyrrole nitrogens is 1. The van der Waals surface area contributed by atoms with Crippen molar-refractivity contribution >= 4 is 22.9 Å². The number of para-hydroxylation sites is 1. The molecule has 2 aromatic rings.